The average Bonchev–Trinajstić information content (AvgIpc) is 2.51. The van der Waals surface area contributed by atoms with E-state index in [1.54, 1.807) is 7.05 Å². The lowest BCUT2D eigenvalue weighted by molar-refractivity contribution is 0.609. The van der Waals surface area contributed by atoms with Crippen molar-refractivity contribution in [3.8, 4) is 0 Å². The number of tetrazole rings is 1. The van der Waals surface area contributed by atoms with E-state index in [1.165, 1.54) is 17.6 Å². The Morgan fingerprint density at radius 3 is 2.92 bits per heavy atom. The highest BCUT2D eigenvalue weighted by Crippen LogP contribution is 1.92. The van der Waals surface area contributed by atoms with Crippen molar-refractivity contribution in [2.24, 2.45) is 7.05 Å². The number of unbranched alkanes of at least 4 members (excludes halogenated alkanes) is 1. The summed E-state index contributed by atoms with van der Waals surface area (Å²) in [5.41, 5.74) is 0. The van der Waals surface area contributed by atoms with Crippen molar-refractivity contribution in [3.63, 3.8) is 0 Å². The Kier molecular flexibility index (Phi) is 4.92. The molecule has 0 atom stereocenters. The number of halogens is 1. The first-order valence-electron chi connectivity index (χ1n) is 4.32. The van der Waals surface area contributed by atoms with Gasteiger partial charge in [-0.3, -0.25) is 0 Å². The summed E-state index contributed by atoms with van der Waals surface area (Å²) in [6, 6.07) is 0. The van der Waals surface area contributed by atoms with Crippen LogP contribution < -0.4 is 5.32 Å². The molecule has 0 saturated carbocycles. The molecule has 6 heteroatoms. The molecule has 1 heterocycles. The zero-order valence-corrected chi connectivity index (χ0v) is 9.29. The number of rotatable bonds is 6. The number of alkyl halides is 1. The molecule has 0 aliphatic heterocycles. The van der Waals surface area contributed by atoms with E-state index >= 15 is 0 Å². The summed E-state index contributed by atoms with van der Waals surface area (Å²) < 4.78 is 0. The quantitative estimate of drug-likeness (QED) is 0.587. The number of nitrogens with zero attached hydrogens (tertiary/aromatic N) is 4. The Balaban J connectivity index is 2.06. The zero-order chi connectivity index (χ0) is 9.52. The highest BCUT2D eigenvalue weighted by Gasteiger charge is 1.97. The Labute approximate surface area is 86.0 Å². The maximum absolute atomic E-state index is 4.05. The average molecular weight is 248 g/mol. The number of aryl methyl sites for hydroxylation is 1. The summed E-state index contributed by atoms with van der Waals surface area (Å²) in [6.07, 6.45) is 2.37. The first-order valence-corrected chi connectivity index (χ1v) is 5.44. The highest BCUT2D eigenvalue weighted by molar-refractivity contribution is 9.09. The minimum atomic E-state index is 0.704. The van der Waals surface area contributed by atoms with Gasteiger partial charge in [-0.05, 0) is 24.6 Å². The SMILES string of the molecule is Cn1nnc(CNCCCCBr)n1. The summed E-state index contributed by atoms with van der Waals surface area (Å²) in [6.45, 7) is 1.71. The first-order chi connectivity index (χ1) is 6.33. The molecule has 0 aliphatic carbocycles. The molecule has 0 bridgehead atoms. The van der Waals surface area contributed by atoms with E-state index in [0.29, 0.717) is 6.54 Å². The maximum atomic E-state index is 4.05. The molecule has 0 radical (unpaired) electrons. The molecule has 74 valence electrons. The number of aromatic nitrogens is 4. The van der Waals surface area contributed by atoms with Gasteiger partial charge >= 0.3 is 0 Å². The lowest BCUT2D eigenvalue weighted by Crippen LogP contribution is -2.15. The molecule has 0 fully saturated rings. The van der Waals surface area contributed by atoms with Crippen molar-refractivity contribution < 1.29 is 0 Å². The van der Waals surface area contributed by atoms with E-state index in [4.69, 9.17) is 0 Å². The molecular formula is C7H14BrN5. The van der Waals surface area contributed by atoms with Crippen molar-refractivity contribution in [1.29, 1.82) is 0 Å². The van der Waals surface area contributed by atoms with Crippen LogP contribution in [0.15, 0.2) is 0 Å². The van der Waals surface area contributed by atoms with Gasteiger partial charge in [0.25, 0.3) is 0 Å². The smallest absolute Gasteiger partial charge is 0.188 e. The Hall–Kier alpha value is -0.490. The zero-order valence-electron chi connectivity index (χ0n) is 7.70. The third kappa shape index (κ3) is 4.33. The minimum absolute atomic E-state index is 0.704. The van der Waals surface area contributed by atoms with Crippen LogP contribution in [0.25, 0.3) is 0 Å². The second-order valence-corrected chi connectivity index (χ2v) is 3.56. The van der Waals surface area contributed by atoms with Crippen LogP contribution in [0.2, 0.25) is 0 Å². The molecule has 0 unspecified atom stereocenters. The van der Waals surface area contributed by atoms with E-state index in [0.717, 1.165) is 17.7 Å². The Morgan fingerprint density at radius 1 is 1.46 bits per heavy atom. The third-order valence-corrected chi connectivity index (χ3v) is 2.13. The molecule has 0 saturated heterocycles. The van der Waals surface area contributed by atoms with E-state index in [-0.39, 0.29) is 0 Å². The molecule has 1 aromatic heterocycles. The molecule has 0 spiro atoms. The van der Waals surface area contributed by atoms with Crippen LogP contribution in [-0.2, 0) is 13.6 Å². The summed E-state index contributed by atoms with van der Waals surface area (Å²) in [4.78, 5) is 1.47. The first kappa shape index (κ1) is 10.6. The number of hydrogen-bond donors (Lipinski definition) is 1. The number of nitrogens with one attached hydrogen (secondary N) is 1. The van der Waals surface area contributed by atoms with Crippen molar-refractivity contribution in [3.05, 3.63) is 5.82 Å². The van der Waals surface area contributed by atoms with Crippen molar-refractivity contribution in [2.75, 3.05) is 11.9 Å². The van der Waals surface area contributed by atoms with Gasteiger partial charge in [-0.15, -0.1) is 10.2 Å². The van der Waals surface area contributed by atoms with Crippen molar-refractivity contribution in [1.82, 2.24) is 25.5 Å². The van der Waals surface area contributed by atoms with Gasteiger partial charge in [-0.2, -0.15) is 4.80 Å². The predicted molar refractivity (Wildman–Crippen MR) is 53.5 cm³/mol. The van der Waals surface area contributed by atoms with E-state index in [9.17, 15) is 0 Å². The van der Waals surface area contributed by atoms with Crippen molar-refractivity contribution >= 4 is 15.9 Å². The molecule has 1 rings (SSSR count). The van der Waals surface area contributed by atoms with Gasteiger partial charge < -0.3 is 5.32 Å². The third-order valence-electron chi connectivity index (χ3n) is 1.57. The summed E-state index contributed by atoms with van der Waals surface area (Å²) in [5, 5.41) is 16.0. The second-order valence-electron chi connectivity index (χ2n) is 2.77. The lowest BCUT2D eigenvalue weighted by atomic mass is 10.3. The lowest BCUT2D eigenvalue weighted by Gasteiger charge is -1.98. The van der Waals surface area contributed by atoms with Gasteiger partial charge in [0.05, 0.1) is 13.6 Å². The Bertz CT molecular complexity index is 237. The van der Waals surface area contributed by atoms with Crippen LogP contribution >= 0.6 is 15.9 Å². The van der Waals surface area contributed by atoms with Gasteiger partial charge in [0.2, 0.25) is 0 Å². The fourth-order valence-corrected chi connectivity index (χ4v) is 1.34. The van der Waals surface area contributed by atoms with Gasteiger partial charge in [0.1, 0.15) is 0 Å². The van der Waals surface area contributed by atoms with E-state index in [1.807, 2.05) is 0 Å². The van der Waals surface area contributed by atoms with Crippen LogP contribution in [0.5, 0.6) is 0 Å². The van der Waals surface area contributed by atoms with Gasteiger partial charge in [0, 0.05) is 5.33 Å². The molecular weight excluding hydrogens is 234 g/mol. The summed E-state index contributed by atoms with van der Waals surface area (Å²) in [7, 11) is 1.77. The normalized spacial score (nSPS) is 10.6. The molecule has 0 amide bonds. The summed E-state index contributed by atoms with van der Waals surface area (Å²) >= 11 is 3.38. The maximum Gasteiger partial charge on any atom is 0.188 e. The van der Waals surface area contributed by atoms with E-state index in [2.05, 4.69) is 36.7 Å². The van der Waals surface area contributed by atoms with E-state index < -0.39 is 0 Å². The Morgan fingerprint density at radius 2 is 2.31 bits per heavy atom. The standard InChI is InChI=1S/C7H14BrN5/c1-13-11-7(10-12-13)6-9-5-3-2-4-8/h9H,2-6H2,1H3. The van der Waals surface area contributed by atoms with Crippen LogP contribution in [0, 0.1) is 0 Å². The van der Waals surface area contributed by atoms with Gasteiger partial charge in [-0.1, -0.05) is 15.9 Å². The van der Waals surface area contributed by atoms with Crippen LogP contribution in [0.1, 0.15) is 18.7 Å². The highest BCUT2D eigenvalue weighted by atomic mass is 79.9. The largest absolute Gasteiger partial charge is 0.310 e. The summed E-state index contributed by atoms with van der Waals surface area (Å²) in [5.74, 6) is 0.751. The van der Waals surface area contributed by atoms with Crippen LogP contribution in [0.4, 0.5) is 0 Å². The second kappa shape index (κ2) is 6.04. The molecule has 1 aromatic rings. The predicted octanol–water partition coefficient (Wildman–Crippen LogP) is 0.475. The molecule has 0 aromatic carbocycles. The van der Waals surface area contributed by atoms with Crippen molar-refractivity contribution in [2.45, 2.75) is 19.4 Å². The molecule has 1 N–H and O–H groups in total. The van der Waals surface area contributed by atoms with Gasteiger partial charge in [-0.25, -0.2) is 0 Å². The monoisotopic (exact) mass is 247 g/mol. The fourth-order valence-electron chi connectivity index (χ4n) is 0.939. The molecule has 5 nitrogen and oxygen atoms in total. The van der Waals surface area contributed by atoms with Gasteiger partial charge in [0.15, 0.2) is 5.82 Å². The molecule has 0 aliphatic rings. The number of hydrogen-bond acceptors (Lipinski definition) is 4. The van der Waals surface area contributed by atoms with Crippen LogP contribution in [0.3, 0.4) is 0 Å². The topological polar surface area (TPSA) is 55.6 Å². The molecule has 13 heavy (non-hydrogen) atoms. The fraction of sp³-hybridized carbons (Fsp3) is 0.857. The minimum Gasteiger partial charge on any atom is -0.310 e. The van der Waals surface area contributed by atoms with Crippen LogP contribution in [-0.4, -0.2) is 32.1 Å².